The van der Waals surface area contributed by atoms with Crippen LogP contribution in [0.3, 0.4) is 0 Å². The van der Waals surface area contributed by atoms with Crippen molar-refractivity contribution < 1.29 is 9.90 Å². The zero-order valence-electron chi connectivity index (χ0n) is 8.80. The highest BCUT2D eigenvalue weighted by Gasteiger charge is 2.44. The number of carboxylic acids is 1. The van der Waals surface area contributed by atoms with Crippen LogP contribution in [0.4, 0.5) is 0 Å². The highest BCUT2D eigenvalue weighted by Crippen LogP contribution is 2.53. The van der Waals surface area contributed by atoms with Gasteiger partial charge in [-0.1, -0.05) is 25.7 Å². The minimum absolute atomic E-state index is 0.231. The van der Waals surface area contributed by atoms with Crippen LogP contribution in [0.1, 0.15) is 57.8 Å². The van der Waals surface area contributed by atoms with Crippen molar-refractivity contribution >= 4 is 5.97 Å². The summed E-state index contributed by atoms with van der Waals surface area (Å²) >= 11 is 0. The summed E-state index contributed by atoms with van der Waals surface area (Å²) in [5, 5.41) is 8.78. The number of carbonyl (C=O) groups is 1. The molecule has 2 fully saturated rings. The lowest BCUT2D eigenvalue weighted by Gasteiger charge is -2.15. The number of aliphatic carboxylic acids is 1. The maximum Gasteiger partial charge on any atom is 0.303 e. The number of carboxylic acid groups (broad SMARTS) is 1. The van der Waals surface area contributed by atoms with Crippen LogP contribution in [0.25, 0.3) is 0 Å². The van der Waals surface area contributed by atoms with Gasteiger partial charge in [0, 0.05) is 0 Å². The summed E-state index contributed by atoms with van der Waals surface area (Å²) in [6.45, 7) is 0. The lowest BCUT2D eigenvalue weighted by Crippen LogP contribution is -2.10. The molecule has 0 amide bonds. The van der Waals surface area contributed by atoms with E-state index in [1.54, 1.807) is 0 Å². The van der Waals surface area contributed by atoms with Crippen molar-refractivity contribution in [3.05, 3.63) is 0 Å². The van der Waals surface area contributed by atoms with Gasteiger partial charge in [-0.2, -0.15) is 0 Å². The molecule has 2 saturated carbocycles. The van der Waals surface area contributed by atoms with Crippen molar-refractivity contribution in [1.82, 2.24) is 0 Å². The van der Waals surface area contributed by atoms with Gasteiger partial charge in [-0.3, -0.25) is 4.79 Å². The average molecular weight is 196 g/mol. The Bertz CT molecular complexity index is 212. The van der Waals surface area contributed by atoms with E-state index in [0.717, 1.165) is 18.8 Å². The predicted octanol–water partition coefficient (Wildman–Crippen LogP) is 3.21. The Labute approximate surface area is 85.7 Å². The van der Waals surface area contributed by atoms with E-state index in [1.165, 1.54) is 38.5 Å². The number of rotatable bonds is 5. The van der Waals surface area contributed by atoms with Crippen LogP contribution in [0.15, 0.2) is 0 Å². The third-order valence-electron chi connectivity index (χ3n) is 4.04. The van der Waals surface area contributed by atoms with Gasteiger partial charge in [0.15, 0.2) is 0 Å². The molecule has 2 rings (SSSR count). The van der Waals surface area contributed by atoms with Gasteiger partial charge in [-0.05, 0) is 37.0 Å². The van der Waals surface area contributed by atoms with Gasteiger partial charge in [0.1, 0.15) is 0 Å². The topological polar surface area (TPSA) is 37.3 Å². The van der Waals surface area contributed by atoms with E-state index in [1.807, 2.05) is 0 Å². The quantitative estimate of drug-likeness (QED) is 0.733. The molecule has 2 aliphatic rings. The van der Waals surface area contributed by atoms with E-state index in [2.05, 4.69) is 0 Å². The molecule has 2 heteroatoms. The lowest BCUT2D eigenvalue weighted by molar-refractivity contribution is -0.138. The third kappa shape index (κ3) is 2.49. The Morgan fingerprint density at radius 2 is 1.93 bits per heavy atom. The summed E-state index contributed by atoms with van der Waals surface area (Å²) in [5.41, 5.74) is 0.231. The molecule has 0 saturated heterocycles. The van der Waals surface area contributed by atoms with E-state index in [9.17, 15) is 4.79 Å². The summed E-state index contributed by atoms with van der Waals surface area (Å²) in [5.74, 6) is 0.315. The highest BCUT2D eigenvalue weighted by molar-refractivity contribution is 5.68. The largest absolute Gasteiger partial charge is 0.481 e. The van der Waals surface area contributed by atoms with Gasteiger partial charge >= 0.3 is 5.97 Å². The fourth-order valence-electron chi connectivity index (χ4n) is 2.82. The predicted molar refractivity (Wildman–Crippen MR) is 55.1 cm³/mol. The lowest BCUT2D eigenvalue weighted by atomic mass is 9.90. The first kappa shape index (κ1) is 10.0. The first-order valence-electron chi connectivity index (χ1n) is 5.92. The molecule has 0 atom stereocenters. The van der Waals surface area contributed by atoms with Crippen molar-refractivity contribution in [2.24, 2.45) is 11.3 Å². The minimum Gasteiger partial charge on any atom is -0.481 e. The Morgan fingerprint density at radius 1 is 1.29 bits per heavy atom. The second-order valence-electron chi connectivity index (χ2n) is 5.26. The van der Waals surface area contributed by atoms with Crippen molar-refractivity contribution in [2.75, 3.05) is 0 Å². The van der Waals surface area contributed by atoms with Crippen molar-refractivity contribution in [1.29, 1.82) is 0 Å². The standard InChI is InChI=1S/C12H20O2/c13-11(14)9-12(7-8-12)6-5-10-3-1-2-4-10/h10H,1-9H2,(H,13,14). The maximum absolute atomic E-state index is 10.7. The van der Waals surface area contributed by atoms with Crippen LogP contribution in [-0.2, 0) is 4.79 Å². The number of hydrogen-bond donors (Lipinski definition) is 1. The minimum atomic E-state index is -0.603. The molecule has 0 aromatic heterocycles. The van der Waals surface area contributed by atoms with E-state index in [0.29, 0.717) is 6.42 Å². The summed E-state index contributed by atoms with van der Waals surface area (Å²) in [6, 6.07) is 0. The molecule has 0 heterocycles. The van der Waals surface area contributed by atoms with Crippen LogP contribution in [0.5, 0.6) is 0 Å². The second-order valence-corrected chi connectivity index (χ2v) is 5.26. The molecule has 0 aromatic carbocycles. The van der Waals surface area contributed by atoms with Crippen molar-refractivity contribution in [3.63, 3.8) is 0 Å². The van der Waals surface area contributed by atoms with Crippen LogP contribution >= 0.6 is 0 Å². The molecular formula is C12H20O2. The van der Waals surface area contributed by atoms with Gasteiger partial charge in [-0.25, -0.2) is 0 Å². The molecule has 0 radical (unpaired) electrons. The fraction of sp³-hybridized carbons (Fsp3) is 0.917. The van der Waals surface area contributed by atoms with E-state index in [-0.39, 0.29) is 5.41 Å². The Hall–Kier alpha value is -0.530. The molecule has 0 aromatic rings. The zero-order chi connectivity index (χ0) is 10.0. The van der Waals surface area contributed by atoms with Gasteiger partial charge in [0.05, 0.1) is 6.42 Å². The van der Waals surface area contributed by atoms with E-state index in [4.69, 9.17) is 5.11 Å². The van der Waals surface area contributed by atoms with E-state index < -0.39 is 5.97 Å². The van der Waals surface area contributed by atoms with Gasteiger partial charge in [0.25, 0.3) is 0 Å². The third-order valence-corrected chi connectivity index (χ3v) is 4.04. The molecule has 2 nitrogen and oxygen atoms in total. The fourth-order valence-corrected chi connectivity index (χ4v) is 2.82. The van der Waals surface area contributed by atoms with Crippen LogP contribution in [-0.4, -0.2) is 11.1 Å². The van der Waals surface area contributed by atoms with Crippen molar-refractivity contribution in [3.8, 4) is 0 Å². The second kappa shape index (κ2) is 3.92. The Morgan fingerprint density at radius 3 is 2.43 bits per heavy atom. The molecule has 0 spiro atoms. The summed E-state index contributed by atoms with van der Waals surface area (Å²) < 4.78 is 0. The summed E-state index contributed by atoms with van der Waals surface area (Å²) in [7, 11) is 0. The van der Waals surface area contributed by atoms with Crippen LogP contribution in [0.2, 0.25) is 0 Å². The smallest absolute Gasteiger partial charge is 0.303 e. The van der Waals surface area contributed by atoms with Crippen molar-refractivity contribution in [2.45, 2.75) is 57.8 Å². The maximum atomic E-state index is 10.7. The normalized spacial score (nSPS) is 25.1. The summed E-state index contributed by atoms with van der Waals surface area (Å²) in [4.78, 5) is 10.7. The Kier molecular flexibility index (Phi) is 2.80. The van der Waals surface area contributed by atoms with Gasteiger partial charge in [-0.15, -0.1) is 0 Å². The zero-order valence-corrected chi connectivity index (χ0v) is 8.80. The monoisotopic (exact) mass is 196 g/mol. The summed E-state index contributed by atoms with van der Waals surface area (Å²) in [6.07, 6.45) is 10.8. The van der Waals surface area contributed by atoms with Crippen LogP contribution in [0, 0.1) is 11.3 Å². The number of hydrogen-bond acceptors (Lipinski definition) is 1. The van der Waals surface area contributed by atoms with Gasteiger partial charge in [0.2, 0.25) is 0 Å². The Balaban J connectivity index is 1.71. The van der Waals surface area contributed by atoms with Gasteiger partial charge < -0.3 is 5.11 Å². The molecule has 2 aliphatic carbocycles. The SMILES string of the molecule is O=C(O)CC1(CCC2CCCC2)CC1. The molecule has 80 valence electrons. The first-order valence-corrected chi connectivity index (χ1v) is 5.92. The van der Waals surface area contributed by atoms with Crippen LogP contribution < -0.4 is 0 Å². The molecule has 1 N–H and O–H groups in total. The molecule has 14 heavy (non-hydrogen) atoms. The molecular weight excluding hydrogens is 176 g/mol. The van der Waals surface area contributed by atoms with E-state index >= 15 is 0 Å². The highest BCUT2D eigenvalue weighted by atomic mass is 16.4. The molecule has 0 bridgehead atoms. The average Bonchev–Trinajstić information content (AvgIpc) is 2.68. The molecule has 0 unspecified atom stereocenters. The molecule has 0 aliphatic heterocycles. The first-order chi connectivity index (χ1) is 6.70.